The van der Waals surface area contributed by atoms with E-state index >= 15 is 0 Å². The molecule has 19 heavy (non-hydrogen) atoms. The minimum atomic E-state index is 0.281. The molecule has 2 heteroatoms. The quantitative estimate of drug-likeness (QED) is 0.738. The van der Waals surface area contributed by atoms with Gasteiger partial charge in [0.25, 0.3) is 0 Å². The third kappa shape index (κ3) is 5.23. The number of nitrogens with one attached hydrogen (secondary N) is 1. The van der Waals surface area contributed by atoms with Gasteiger partial charge in [0.2, 0.25) is 0 Å². The third-order valence-electron chi connectivity index (χ3n) is 3.36. The second-order valence-electron chi connectivity index (χ2n) is 5.43. The first-order valence-electron chi connectivity index (χ1n) is 7.59. The Morgan fingerprint density at radius 1 is 1.16 bits per heavy atom. The Bertz CT molecular complexity index is 376. The van der Waals surface area contributed by atoms with Crippen LogP contribution in [0.2, 0.25) is 0 Å². The van der Waals surface area contributed by atoms with E-state index in [1.54, 1.807) is 0 Å². The Labute approximate surface area is 118 Å². The van der Waals surface area contributed by atoms with E-state index in [1.165, 1.54) is 11.1 Å². The Hall–Kier alpha value is -1.02. The second-order valence-corrected chi connectivity index (χ2v) is 5.43. The van der Waals surface area contributed by atoms with Gasteiger partial charge in [-0.2, -0.15) is 0 Å². The molecule has 2 unspecified atom stereocenters. The van der Waals surface area contributed by atoms with Crippen LogP contribution >= 0.6 is 0 Å². The minimum Gasteiger partial charge on any atom is -0.490 e. The summed E-state index contributed by atoms with van der Waals surface area (Å²) in [4.78, 5) is 0. The van der Waals surface area contributed by atoms with Gasteiger partial charge in [-0.05, 0) is 51.8 Å². The van der Waals surface area contributed by atoms with Gasteiger partial charge in [0.05, 0.1) is 6.10 Å². The molecule has 0 radical (unpaired) electrons. The van der Waals surface area contributed by atoms with E-state index in [9.17, 15) is 0 Å². The fourth-order valence-electron chi connectivity index (χ4n) is 2.25. The summed E-state index contributed by atoms with van der Waals surface area (Å²) in [5.74, 6) is 1.04. The first kappa shape index (κ1) is 16.0. The van der Waals surface area contributed by atoms with Gasteiger partial charge < -0.3 is 10.1 Å². The molecule has 0 amide bonds. The predicted molar refractivity (Wildman–Crippen MR) is 82.9 cm³/mol. The molecule has 0 fully saturated rings. The van der Waals surface area contributed by atoms with Crippen LogP contribution < -0.4 is 10.1 Å². The number of hydrogen-bond donors (Lipinski definition) is 1. The smallest absolute Gasteiger partial charge is 0.124 e. The highest BCUT2D eigenvalue weighted by atomic mass is 16.5. The zero-order valence-electron chi connectivity index (χ0n) is 13.1. The molecule has 0 saturated heterocycles. The van der Waals surface area contributed by atoms with Crippen LogP contribution in [0.1, 0.15) is 64.1 Å². The zero-order chi connectivity index (χ0) is 14.3. The normalized spacial score (nSPS) is 14.2. The van der Waals surface area contributed by atoms with Gasteiger partial charge >= 0.3 is 0 Å². The monoisotopic (exact) mass is 263 g/mol. The summed E-state index contributed by atoms with van der Waals surface area (Å²) in [5, 5.41) is 3.53. The Kier molecular flexibility index (Phi) is 6.93. The highest BCUT2D eigenvalue weighted by Crippen LogP contribution is 2.28. The molecule has 1 aromatic carbocycles. The number of ether oxygens (including phenoxy) is 1. The van der Waals surface area contributed by atoms with Crippen molar-refractivity contribution in [2.75, 3.05) is 6.54 Å². The van der Waals surface area contributed by atoms with E-state index in [4.69, 9.17) is 4.74 Å². The van der Waals surface area contributed by atoms with Crippen molar-refractivity contribution < 1.29 is 4.74 Å². The first-order valence-corrected chi connectivity index (χ1v) is 7.59. The van der Waals surface area contributed by atoms with Crippen LogP contribution in [-0.2, 0) is 0 Å². The van der Waals surface area contributed by atoms with Gasteiger partial charge in [-0.1, -0.05) is 32.4 Å². The van der Waals surface area contributed by atoms with E-state index in [-0.39, 0.29) is 6.10 Å². The summed E-state index contributed by atoms with van der Waals surface area (Å²) < 4.78 is 6.13. The Balaban J connectivity index is 2.84. The summed E-state index contributed by atoms with van der Waals surface area (Å²) >= 11 is 0. The number of rotatable bonds is 8. The van der Waals surface area contributed by atoms with Gasteiger partial charge in [0.15, 0.2) is 0 Å². The predicted octanol–water partition coefficient (Wildman–Crippen LogP) is 4.62. The summed E-state index contributed by atoms with van der Waals surface area (Å²) in [6, 6.07) is 6.85. The molecule has 0 bridgehead atoms. The van der Waals surface area contributed by atoms with Crippen molar-refractivity contribution in [3.8, 4) is 5.75 Å². The number of benzene rings is 1. The molecule has 0 saturated carbocycles. The van der Waals surface area contributed by atoms with Crippen LogP contribution in [0.25, 0.3) is 0 Å². The molecule has 1 aromatic rings. The fourth-order valence-corrected chi connectivity index (χ4v) is 2.25. The summed E-state index contributed by atoms with van der Waals surface area (Å²) in [6.07, 6.45) is 3.69. The number of hydrogen-bond acceptors (Lipinski definition) is 2. The van der Waals surface area contributed by atoms with Crippen LogP contribution in [0.5, 0.6) is 5.75 Å². The van der Waals surface area contributed by atoms with Crippen molar-refractivity contribution in [2.45, 2.75) is 66.0 Å². The molecule has 0 aromatic heterocycles. The first-order chi connectivity index (χ1) is 9.08. The van der Waals surface area contributed by atoms with Crippen molar-refractivity contribution in [1.29, 1.82) is 0 Å². The van der Waals surface area contributed by atoms with Crippen LogP contribution in [0.15, 0.2) is 18.2 Å². The highest BCUT2D eigenvalue weighted by Gasteiger charge is 2.13. The summed E-state index contributed by atoms with van der Waals surface area (Å²) in [5.41, 5.74) is 2.52. The summed E-state index contributed by atoms with van der Waals surface area (Å²) in [7, 11) is 0. The minimum absolute atomic E-state index is 0.281. The largest absolute Gasteiger partial charge is 0.490 e. The van der Waals surface area contributed by atoms with Crippen LogP contribution in [0.4, 0.5) is 0 Å². The molecule has 0 spiro atoms. The Morgan fingerprint density at radius 3 is 2.53 bits per heavy atom. The zero-order valence-corrected chi connectivity index (χ0v) is 13.1. The summed E-state index contributed by atoms with van der Waals surface area (Å²) in [6.45, 7) is 11.9. The van der Waals surface area contributed by atoms with E-state index in [0.29, 0.717) is 6.04 Å². The average molecular weight is 263 g/mol. The van der Waals surface area contributed by atoms with Crippen molar-refractivity contribution in [1.82, 2.24) is 5.32 Å². The molecule has 0 aliphatic rings. The Morgan fingerprint density at radius 2 is 1.89 bits per heavy atom. The molecule has 2 nitrogen and oxygen atoms in total. The maximum absolute atomic E-state index is 6.13. The van der Waals surface area contributed by atoms with E-state index in [2.05, 4.69) is 58.1 Å². The van der Waals surface area contributed by atoms with Gasteiger partial charge in [-0.15, -0.1) is 0 Å². The lowest BCUT2D eigenvalue weighted by molar-refractivity contribution is 0.206. The molecule has 1 N–H and O–H groups in total. The molecule has 2 atom stereocenters. The molecular formula is C17H29NO. The van der Waals surface area contributed by atoms with Crippen molar-refractivity contribution in [2.24, 2.45) is 0 Å². The van der Waals surface area contributed by atoms with Gasteiger partial charge in [-0.3, -0.25) is 0 Å². The molecule has 0 heterocycles. The van der Waals surface area contributed by atoms with Gasteiger partial charge in [0, 0.05) is 11.6 Å². The lowest BCUT2D eigenvalue weighted by Gasteiger charge is -2.21. The molecule has 0 aliphatic carbocycles. The fraction of sp³-hybridized carbons (Fsp3) is 0.647. The highest BCUT2D eigenvalue weighted by molar-refractivity contribution is 5.39. The maximum Gasteiger partial charge on any atom is 0.124 e. The standard InChI is InChI=1S/C17H29NO/c1-6-8-14(4)19-17-12-13(3)9-10-16(17)15(5)18-11-7-2/h9-10,12,14-15,18H,6-8,11H2,1-5H3. The van der Waals surface area contributed by atoms with Crippen molar-refractivity contribution >= 4 is 0 Å². The molecule has 1 rings (SSSR count). The van der Waals surface area contributed by atoms with Crippen LogP contribution in [0, 0.1) is 6.92 Å². The van der Waals surface area contributed by atoms with Crippen molar-refractivity contribution in [3.63, 3.8) is 0 Å². The van der Waals surface area contributed by atoms with Crippen LogP contribution in [0.3, 0.4) is 0 Å². The SMILES string of the molecule is CCCNC(C)c1ccc(C)cc1OC(C)CCC. The van der Waals surface area contributed by atoms with E-state index in [0.717, 1.165) is 31.6 Å². The van der Waals surface area contributed by atoms with E-state index in [1.807, 2.05) is 0 Å². The maximum atomic E-state index is 6.13. The average Bonchev–Trinajstić information content (AvgIpc) is 2.36. The molecule has 0 aliphatic heterocycles. The van der Waals surface area contributed by atoms with Gasteiger partial charge in [0.1, 0.15) is 5.75 Å². The van der Waals surface area contributed by atoms with Crippen molar-refractivity contribution in [3.05, 3.63) is 29.3 Å². The number of aryl methyl sites for hydroxylation is 1. The van der Waals surface area contributed by atoms with E-state index < -0.39 is 0 Å². The third-order valence-corrected chi connectivity index (χ3v) is 3.36. The lowest BCUT2D eigenvalue weighted by atomic mass is 10.0. The second kappa shape index (κ2) is 8.21. The molecule has 108 valence electrons. The van der Waals surface area contributed by atoms with Crippen LogP contribution in [-0.4, -0.2) is 12.6 Å². The molecular weight excluding hydrogens is 234 g/mol. The topological polar surface area (TPSA) is 21.3 Å². The van der Waals surface area contributed by atoms with Gasteiger partial charge in [-0.25, -0.2) is 0 Å². The lowest BCUT2D eigenvalue weighted by Crippen LogP contribution is -2.21.